The molecule has 3 heterocycles. The van der Waals surface area contributed by atoms with Crippen molar-refractivity contribution in [2.24, 2.45) is 0 Å². The van der Waals surface area contributed by atoms with Gasteiger partial charge in [-0.05, 0) is 72.9 Å². The average Bonchev–Trinajstić information content (AvgIpc) is 3.80. The summed E-state index contributed by atoms with van der Waals surface area (Å²) >= 11 is 0. The molecule has 0 spiro atoms. The summed E-state index contributed by atoms with van der Waals surface area (Å²) in [7, 11) is 0. The molecule has 2 aliphatic rings. The van der Waals surface area contributed by atoms with Gasteiger partial charge in [-0.25, -0.2) is 15.0 Å². The predicted octanol–water partition coefficient (Wildman–Crippen LogP) is 12.7. The second kappa shape index (κ2) is 13.3. The summed E-state index contributed by atoms with van der Waals surface area (Å²) in [5.74, 6) is 2.25. The maximum absolute atomic E-state index is 5.16. The summed E-state index contributed by atoms with van der Waals surface area (Å²) < 4.78 is 4.87. The Hall–Kier alpha value is -7.11. The van der Waals surface area contributed by atoms with Crippen LogP contribution in [0.1, 0.15) is 36.4 Å². The zero-order chi connectivity index (χ0) is 37.0. The van der Waals surface area contributed by atoms with Crippen LogP contribution in [0.4, 0.5) is 0 Å². The molecule has 5 heteroatoms. The van der Waals surface area contributed by atoms with Crippen LogP contribution in [0.25, 0.3) is 84.3 Å². The lowest BCUT2D eigenvalue weighted by Crippen LogP contribution is -2.08. The number of aromatic nitrogens is 5. The number of hydrogen-bond donors (Lipinski definition) is 0. The molecular formula is C51H37N5. The number of allylic oxidation sites excluding steroid dienone is 5. The van der Waals surface area contributed by atoms with Crippen molar-refractivity contribution in [3.63, 3.8) is 0 Å². The smallest absolute Gasteiger partial charge is 0.166 e. The molecule has 0 aliphatic heterocycles. The van der Waals surface area contributed by atoms with E-state index in [0.29, 0.717) is 23.4 Å². The van der Waals surface area contributed by atoms with Gasteiger partial charge in [-0.2, -0.15) is 0 Å². The van der Waals surface area contributed by atoms with Gasteiger partial charge in [-0.1, -0.05) is 140 Å². The van der Waals surface area contributed by atoms with E-state index in [1.54, 1.807) is 0 Å². The topological polar surface area (TPSA) is 48.5 Å². The van der Waals surface area contributed by atoms with E-state index in [9.17, 15) is 0 Å². The van der Waals surface area contributed by atoms with E-state index in [0.717, 1.165) is 58.4 Å². The summed E-state index contributed by atoms with van der Waals surface area (Å²) in [6.07, 6.45) is 15.1. The van der Waals surface area contributed by atoms with Gasteiger partial charge in [0.15, 0.2) is 17.5 Å². The highest BCUT2D eigenvalue weighted by Crippen LogP contribution is 2.45. The molecule has 0 bridgehead atoms. The first-order chi connectivity index (χ1) is 27.8. The molecule has 9 aromatic rings. The van der Waals surface area contributed by atoms with Crippen molar-refractivity contribution in [3.8, 4) is 45.5 Å². The molecule has 0 radical (unpaired) electrons. The van der Waals surface area contributed by atoms with E-state index in [-0.39, 0.29) is 0 Å². The third-order valence-corrected chi connectivity index (χ3v) is 11.4. The van der Waals surface area contributed by atoms with Crippen molar-refractivity contribution in [2.75, 3.05) is 0 Å². The molecule has 11 rings (SSSR count). The molecule has 5 nitrogen and oxygen atoms in total. The van der Waals surface area contributed by atoms with Crippen LogP contribution < -0.4 is 0 Å². The van der Waals surface area contributed by atoms with Gasteiger partial charge in [0, 0.05) is 44.5 Å². The molecule has 0 amide bonds. The fourth-order valence-corrected chi connectivity index (χ4v) is 8.87. The predicted molar refractivity (Wildman–Crippen MR) is 230 cm³/mol. The summed E-state index contributed by atoms with van der Waals surface area (Å²) in [4.78, 5) is 15.3. The highest BCUT2D eigenvalue weighted by atomic mass is 15.1. The van der Waals surface area contributed by atoms with Crippen molar-refractivity contribution in [1.29, 1.82) is 0 Å². The van der Waals surface area contributed by atoms with Crippen LogP contribution in [-0.2, 0) is 0 Å². The minimum absolute atomic E-state index is 0.335. The van der Waals surface area contributed by atoms with E-state index >= 15 is 0 Å². The zero-order valence-corrected chi connectivity index (χ0v) is 30.8. The third kappa shape index (κ3) is 5.27. The fraction of sp³-hybridized carbons (Fsp3) is 0.0784. The Morgan fingerprint density at radius 1 is 0.482 bits per heavy atom. The van der Waals surface area contributed by atoms with E-state index in [1.807, 2.05) is 36.4 Å². The van der Waals surface area contributed by atoms with Gasteiger partial charge in [-0.15, -0.1) is 0 Å². The van der Waals surface area contributed by atoms with Gasteiger partial charge < -0.3 is 9.13 Å². The monoisotopic (exact) mass is 719 g/mol. The van der Waals surface area contributed by atoms with Crippen LogP contribution in [0.3, 0.4) is 0 Å². The first kappa shape index (κ1) is 32.3. The molecular weight excluding hydrogens is 683 g/mol. The highest BCUT2D eigenvalue weighted by molar-refractivity contribution is 6.10. The molecule has 1 atom stereocenters. The standard InChI is InChI=1S/C51H37N5/c1-4-17-34(18-5-1)38-26-16-30-46-48(38)41-24-11-14-28-44(41)55(46)37-31-32-40-39-23-10-13-27-43(39)56(47(40)33-37)45-29-15-12-25-42(45)51-53-49(35-19-6-2-7-20-35)52-50(54-51)36-21-8-3-9-22-36/h2-4,6-25,27-33,38H,1,5,26H2. The maximum atomic E-state index is 5.16. The number of rotatable bonds is 6. The number of para-hydroxylation sites is 3. The maximum Gasteiger partial charge on any atom is 0.166 e. The van der Waals surface area contributed by atoms with Crippen molar-refractivity contribution in [1.82, 2.24) is 24.1 Å². The number of benzene rings is 6. The second-order valence-corrected chi connectivity index (χ2v) is 14.6. The van der Waals surface area contributed by atoms with Gasteiger partial charge in [0.05, 0.1) is 27.9 Å². The molecule has 56 heavy (non-hydrogen) atoms. The molecule has 1 unspecified atom stereocenters. The lowest BCUT2D eigenvalue weighted by atomic mass is 9.81. The molecule has 0 saturated carbocycles. The Balaban J connectivity index is 1.15. The first-order valence-corrected chi connectivity index (χ1v) is 19.5. The van der Waals surface area contributed by atoms with Gasteiger partial charge >= 0.3 is 0 Å². The average molecular weight is 720 g/mol. The van der Waals surface area contributed by atoms with Crippen LogP contribution in [0.2, 0.25) is 0 Å². The van der Waals surface area contributed by atoms with Crippen molar-refractivity contribution in [2.45, 2.75) is 25.2 Å². The third-order valence-electron chi connectivity index (χ3n) is 11.4. The van der Waals surface area contributed by atoms with E-state index in [1.165, 1.54) is 38.5 Å². The SMILES string of the molecule is C1=CC(C2CC=Cc3c2c2ccccc2n3-c2ccc3c4ccccc4n(-c4ccccc4-c4nc(-c5ccccc5)nc(-c5ccccc5)n4)c3c2)=CCC1. The molecule has 266 valence electrons. The summed E-state index contributed by atoms with van der Waals surface area (Å²) in [5.41, 5.74) is 12.6. The Labute approximate surface area is 325 Å². The van der Waals surface area contributed by atoms with E-state index in [4.69, 9.17) is 15.0 Å². The van der Waals surface area contributed by atoms with Crippen LogP contribution in [0.15, 0.2) is 182 Å². The van der Waals surface area contributed by atoms with Crippen LogP contribution >= 0.6 is 0 Å². The Bertz CT molecular complexity index is 3000. The lowest BCUT2D eigenvalue weighted by Gasteiger charge is -2.23. The summed E-state index contributed by atoms with van der Waals surface area (Å²) in [5, 5.41) is 3.71. The van der Waals surface area contributed by atoms with Gasteiger partial charge in [0.1, 0.15) is 0 Å². The largest absolute Gasteiger partial charge is 0.309 e. The second-order valence-electron chi connectivity index (χ2n) is 14.6. The normalized spacial score (nSPS) is 15.1. The quantitative estimate of drug-likeness (QED) is 0.172. The Kier molecular flexibility index (Phi) is 7.69. The van der Waals surface area contributed by atoms with Crippen LogP contribution in [0, 0.1) is 0 Å². The first-order valence-electron chi connectivity index (χ1n) is 19.5. The minimum atomic E-state index is 0.335. The number of hydrogen-bond acceptors (Lipinski definition) is 3. The van der Waals surface area contributed by atoms with E-state index < -0.39 is 0 Å². The highest BCUT2D eigenvalue weighted by Gasteiger charge is 2.28. The molecule has 3 aromatic heterocycles. The van der Waals surface area contributed by atoms with Gasteiger partial charge in [0.25, 0.3) is 0 Å². The summed E-state index contributed by atoms with van der Waals surface area (Å²) in [6, 6.07) is 53.4. The van der Waals surface area contributed by atoms with Crippen LogP contribution in [0.5, 0.6) is 0 Å². The molecule has 2 aliphatic carbocycles. The van der Waals surface area contributed by atoms with Gasteiger partial charge in [0.2, 0.25) is 0 Å². The molecule has 0 saturated heterocycles. The Morgan fingerprint density at radius 3 is 1.84 bits per heavy atom. The van der Waals surface area contributed by atoms with Crippen molar-refractivity contribution in [3.05, 3.63) is 193 Å². The van der Waals surface area contributed by atoms with Crippen molar-refractivity contribution < 1.29 is 0 Å². The number of nitrogens with zero attached hydrogens (tertiary/aromatic N) is 5. The fourth-order valence-electron chi connectivity index (χ4n) is 8.87. The lowest BCUT2D eigenvalue weighted by molar-refractivity contribution is 0.800. The van der Waals surface area contributed by atoms with E-state index in [2.05, 4.69) is 155 Å². The van der Waals surface area contributed by atoms with Crippen molar-refractivity contribution >= 4 is 38.8 Å². The molecule has 0 N–H and O–H groups in total. The van der Waals surface area contributed by atoms with Gasteiger partial charge in [-0.3, -0.25) is 0 Å². The Morgan fingerprint density at radius 2 is 1.11 bits per heavy atom. The molecule has 0 fully saturated rings. The van der Waals surface area contributed by atoms with Crippen LogP contribution in [-0.4, -0.2) is 24.1 Å². The molecule has 6 aromatic carbocycles. The number of fused-ring (bicyclic) bond motifs is 6. The summed E-state index contributed by atoms with van der Waals surface area (Å²) in [6.45, 7) is 0. The zero-order valence-electron chi connectivity index (χ0n) is 30.8. The minimum Gasteiger partial charge on any atom is -0.309 e.